The monoisotopic (exact) mass is 422 g/mol. The van der Waals surface area contributed by atoms with E-state index in [9.17, 15) is 0 Å². The van der Waals surface area contributed by atoms with Crippen LogP contribution in [-0.4, -0.2) is 0 Å². The van der Waals surface area contributed by atoms with Crippen LogP contribution in [0.5, 0.6) is 0 Å². The Hall–Kier alpha value is 0.377. The molecule has 2 nitrogen and oxygen atoms in total. The molecule has 0 aliphatic carbocycles. The smallest absolute Gasteiger partial charge is 0.172 e. The molecule has 0 radical (unpaired) electrons. The largest absolute Gasteiger partial charge is 1.00 e. The van der Waals surface area contributed by atoms with Crippen LogP contribution >= 0.6 is 0 Å². The van der Waals surface area contributed by atoms with Crippen LogP contribution in [0, 0.1) is 0 Å². The van der Waals surface area contributed by atoms with Gasteiger partial charge in [-0.2, -0.15) is 36.4 Å². The molecule has 16 heavy (non-hydrogen) atoms. The molecule has 0 N–H and O–H groups in total. The zero-order valence-corrected chi connectivity index (χ0v) is 13.9. The molecule has 0 fully saturated rings. The van der Waals surface area contributed by atoms with Gasteiger partial charge in [-0.3, -0.25) is 0 Å². The average molecular weight is 418 g/mol. The second-order valence-corrected chi connectivity index (χ2v) is 1.92. The molecule has 0 aromatic heterocycles. The van der Waals surface area contributed by atoms with Crippen LogP contribution in [0.3, 0.4) is 0 Å². The van der Waals surface area contributed by atoms with Crippen LogP contribution < -0.4 is 0 Å². The van der Waals surface area contributed by atoms with Gasteiger partial charge in [0.15, 0.2) is 0 Å². The fourth-order valence-electron chi connectivity index (χ4n) is 0.642. The standard InChI is InChI=1S/2C5H5.2Mo.2O.S2/c2*1-2-4-5-3-1;;;;;1-2/h2*1-5H;;;;;/q2*-1;;;;;-2. The van der Waals surface area contributed by atoms with Gasteiger partial charge in [0, 0.05) is 0 Å². The van der Waals surface area contributed by atoms with Gasteiger partial charge in [0.25, 0.3) is 0 Å². The summed E-state index contributed by atoms with van der Waals surface area (Å²) in [6.07, 6.45) is 0. The zero-order chi connectivity index (χ0) is 13.1. The van der Waals surface area contributed by atoms with Gasteiger partial charge in [0.1, 0.15) is 0 Å². The van der Waals surface area contributed by atoms with Gasteiger partial charge in [-0.25, -0.2) is 24.3 Å². The summed E-state index contributed by atoms with van der Waals surface area (Å²) in [4.78, 5) is 0. The summed E-state index contributed by atoms with van der Waals surface area (Å²) in [5.74, 6) is 0. The Morgan fingerprint density at radius 1 is 0.625 bits per heavy atom. The van der Waals surface area contributed by atoms with Gasteiger partial charge in [-0.05, 0) is 0 Å². The molecule has 0 amide bonds. The summed E-state index contributed by atoms with van der Waals surface area (Å²) in [7, 11) is 0. The van der Waals surface area contributed by atoms with E-state index in [1.54, 1.807) is 0 Å². The molecule has 2 aromatic carbocycles. The molecule has 0 aliphatic heterocycles. The molecule has 0 saturated heterocycles. The van der Waals surface area contributed by atoms with Crippen molar-refractivity contribution in [1.29, 1.82) is 0 Å². The van der Waals surface area contributed by atoms with Gasteiger partial charge in [0.2, 0.25) is 0 Å². The summed E-state index contributed by atoms with van der Waals surface area (Å²) < 4.78 is 16.5. The van der Waals surface area contributed by atoms with Crippen molar-refractivity contribution >= 4 is 23.3 Å². The van der Waals surface area contributed by atoms with Gasteiger partial charge >= 0.3 is 46.3 Å². The maximum Gasteiger partial charge on any atom is -0.172 e. The molecular formula is C10H10Mo2O2S2-4. The fourth-order valence-corrected chi connectivity index (χ4v) is 0.642. The van der Waals surface area contributed by atoms with E-state index < -0.39 is 0 Å². The predicted octanol–water partition coefficient (Wildman–Crippen LogP) is 2.56. The summed E-state index contributed by atoms with van der Waals surface area (Å²) in [5.41, 5.74) is 0. The third-order valence-electron chi connectivity index (χ3n) is 1.11. The van der Waals surface area contributed by atoms with Crippen LogP contribution in [0.25, 0.3) is 0 Å². The van der Waals surface area contributed by atoms with Gasteiger partial charge < -0.3 is 23.3 Å². The first-order valence-electron chi connectivity index (χ1n) is 3.83. The minimum Gasteiger partial charge on any atom is -1.00 e. The molecule has 6 heteroatoms. The van der Waals surface area contributed by atoms with E-state index in [2.05, 4.69) is 23.3 Å². The summed E-state index contributed by atoms with van der Waals surface area (Å²) >= 11 is 8.73. The van der Waals surface area contributed by atoms with Crippen LogP contribution in [-0.2, 0) is 69.7 Å². The Bertz CT molecular complexity index is 187. The van der Waals surface area contributed by atoms with Crippen molar-refractivity contribution in [2.45, 2.75) is 0 Å². The van der Waals surface area contributed by atoms with Crippen molar-refractivity contribution < 1.29 is 46.3 Å². The molecule has 0 saturated carbocycles. The second kappa shape index (κ2) is 29.5. The van der Waals surface area contributed by atoms with E-state index in [-0.39, 0.29) is 0 Å². The van der Waals surface area contributed by atoms with Crippen LogP contribution in [0.2, 0.25) is 0 Å². The van der Waals surface area contributed by atoms with Crippen molar-refractivity contribution in [2.75, 3.05) is 0 Å². The third kappa shape index (κ3) is 23.9. The number of hydrogen-bond acceptors (Lipinski definition) is 4. The van der Waals surface area contributed by atoms with Crippen LogP contribution in [0.15, 0.2) is 60.7 Å². The average Bonchev–Trinajstić information content (AvgIpc) is 3.14. The second-order valence-electron chi connectivity index (χ2n) is 1.92. The van der Waals surface area contributed by atoms with E-state index >= 15 is 0 Å². The Morgan fingerprint density at radius 2 is 0.812 bits per heavy atom. The molecule has 0 spiro atoms. The Labute approximate surface area is 129 Å². The van der Waals surface area contributed by atoms with Crippen LogP contribution in [0.1, 0.15) is 0 Å². The van der Waals surface area contributed by atoms with E-state index in [1.807, 2.05) is 60.7 Å². The first kappa shape index (κ1) is 21.6. The van der Waals surface area contributed by atoms with Gasteiger partial charge in [0.05, 0.1) is 0 Å². The topological polar surface area (TPSA) is 34.1 Å². The van der Waals surface area contributed by atoms with Crippen molar-refractivity contribution in [3.63, 3.8) is 0 Å². The minimum atomic E-state index is 0.700. The summed E-state index contributed by atoms with van der Waals surface area (Å²) in [6.45, 7) is 0. The van der Waals surface area contributed by atoms with Crippen molar-refractivity contribution in [1.82, 2.24) is 0 Å². The Balaban J connectivity index is -0.000000146. The van der Waals surface area contributed by atoms with Crippen molar-refractivity contribution in [3.05, 3.63) is 60.7 Å². The molecule has 90 valence electrons. The molecule has 0 aliphatic rings. The SMILES string of the molecule is [O]=[Mo].[O]=[Mo].[S-][S-].c1cc[cH-]c1.c1cc[cH-]c1. The van der Waals surface area contributed by atoms with Crippen molar-refractivity contribution in [3.8, 4) is 0 Å². The van der Waals surface area contributed by atoms with Crippen molar-refractivity contribution in [2.24, 2.45) is 0 Å². The van der Waals surface area contributed by atoms with Crippen LogP contribution in [0.4, 0.5) is 0 Å². The minimum absolute atomic E-state index is 0.700. The molecule has 0 heterocycles. The van der Waals surface area contributed by atoms with E-state index in [0.717, 1.165) is 0 Å². The molecule has 0 bridgehead atoms. The first-order valence-corrected chi connectivity index (χ1v) is 6.81. The molecule has 0 unspecified atom stereocenters. The van der Waals surface area contributed by atoms with Gasteiger partial charge in [-0.15, -0.1) is 0 Å². The summed E-state index contributed by atoms with van der Waals surface area (Å²) in [5, 5.41) is 0. The quantitative estimate of drug-likeness (QED) is 0.285. The normalized spacial score (nSPS) is 5.88. The number of hydrogen-bond donors (Lipinski definition) is 0. The maximum absolute atomic E-state index is 8.26. The maximum atomic E-state index is 8.26. The first-order chi connectivity index (χ1) is 8.00. The Morgan fingerprint density at radius 3 is 0.875 bits per heavy atom. The zero-order valence-electron chi connectivity index (χ0n) is 8.22. The van der Waals surface area contributed by atoms with E-state index in [0.29, 0.717) is 39.6 Å². The number of rotatable bonds is 0. The molecule has 2 aromatic rings. The Kier molecular flexibility index (Phi) is 39.9. The molecular weight excluding hydrogens is 408 g/mol. The molecule has 0 atom stereocenters. The predicted molar refractivity (Wildman–Crippen MR) is 60.2 cm³/mol. The summed E-state index contributed by atoms with van der Waals surface area (Å²) in [6, 6.07) is 20.0. The van der Waals surface area contributed by atoms with E-state index in [1.165, 1.54) is 0 Å². The molecule has 2 rings (SSSR count). The van der Waals surface area contributed by atoms with Gasteiger partial charge in [-0.1, -0.05) is 0 Å². The van der Waals surface area contributed by atoms with E-state index in [4.69, 9.17) is 6.80 Å². The third-order valence-corrected chi connectivity index (χ3v) is 1.11. The fraction of sp³-hybridized carbons (Fsp3) is 0.